The summed E-state index contributed by atoms with van der Waals surface area (Å²) in [5.74, 6) is -1.22. The second-order valence-corrected chi connectivity index (χ2v) is 18.4. The number of nitrogens with one attached hydrogen (secondary N) is 2. The molecule has 1 aliphatic carbocycles. The Kier molecular flexibility index (Phi) is 11.4. The van der Waals surface area contributed by atoms with Crippen LogP contribution in [0.2, 0.25) is 5.02 Å². The summed E-state index contributed by atoms with van der Waals surface area (Å²) in [6, 6.07) is 18.6. The van der Waals surface area contributed by atoms with Crippen molar-refractivity contribution in [2.75, 3.05) is 50.8 Å². The van der Waals surface area contributed by atoms with Gasteiger partial charge in [-0.05, 0) is 80.3 Å². The first-order chi connectivity index (χ1) is 29.1. The second kappa shape index (κ2) is 16.4. The summed E-state index contributed by atoms with van der Waals surface area (Å²) in [5.41, 5.74) is 1.51. The highest BCUT2D eigenvalue weighted by Gasteiger charge is 2.64. The van der Waals surface area contributed by atoms with Gasteiger partial charge in [-0.2, -0.15) is 5.26 Å². The van der Waals surface area contributed by atoms with Crippen LogP contribution in [-0.2, 0) is 14.3 Å². The molecule has 5 aliphatic rings. The van der Waals surface area contributed by atoms with Crippen LogP contribution in [0.15, 0.2) is 60.7 Å². The summed E-state index contributed by atoms with van der Waals surface area (Å²) < 4.78 is 18.8. The van der Waals surface area contributed by atoms with Gasteiger partial charge in [0.05, 0.1) is 40.5 Å². The molecule has 2 N–H and O–H groups in total. The van der Waals surface area contributed by atoms with E-state index in [-0.39, 0.29) is 58.5 Å². The lowest BCUT2D eigenvalue weighted by atomic mass is 9.49. The van der Waals surface area contributed by atoms with Crippen molar-refractivity contribution < 1.29 is 38.2 Å². The van der Waals surface area contributed by atoms with Crippen LogP contribution in [-0.4, -0.2) is 109 Å². The molecule has 1 unspecified atom stereocenters. The lowest BCUT2D eigenvalue weighted by Gasteiger charge is -2.63. The third-order valence-electron chi connectivity index (χ3n) is 13.2. The van der Waals surface area contributed by atoms with Gasteiger partial charge in [-0.15, -0.1) is 0 Å². The van der Waals surface area contributed by atoms with Crippen LogP contribution in [0.1, 0.15) is 96.4 Å². The van der Waals surface area contributed by atoms with E-state index in [9.17, 15) is 29.2 Å². The number of imide groups is 2. The average Bonchev–Trinajstić information content (AvgIpc) is 3.48. The number of halogens is 1. The number of nitriles is 1. The summed E-state index contributed by atoms with van der Waals surface area (Å²) in [6.07, 6.45) is 2.50. The maximum atomic E-state index is 13.5. The van der Waals surface area contributed by atoms with E-state index in [0.29, 0.717) is 40.9 Å². The molecule has 4 aliphatic heterocycles. The minimum atomic E-state index is -1.01. The smallest absolute Gasteiger partial charge is 0.262 e. The normalized spacial score (nSPS) is 24.1. The van der Waals surface area contributed by atoms with Crippen LogP contribution in [0.25, 0.3) is 0 Å². The van der Waals surface area contributed by atoms with Crippen LogP contribution in [0.3, 0.4) is 0 Å². The van der Waals surface area contributed by atoms with Crippen molar-refractivity contribution in [2.45, 2.75) is 83.6 Å². The number of nitrogens with zero attached hydrogens (tertiary/aromatic N) is 4. The molecule has 8 rings (SSSR count). The molecular formula is C46H51ClN6O8. The zero-order valence-corrected chi connectivity index (χ0v) is 35.7. The lowest BCUT2D eigenvalue weighted by Crippen LogP contribution is -2.74. The maximum Gasteiger partial charge on any atom is 0.262 e. The summed E-state index contributed by atoms with van der Waals surface area (Å²) in [6.45, 7) is 13.6. The second-order valence-electron chi connectivity index (χ2n) is 18.0. The number of piperidine rings is 2. The molecule has 5 amide bonds. The quantitative estimate of drug-likeness (QED) is 0.188. The van der Waals surface area contributed by atoms with Crippen LogP contribution in [0.4, 0.5) is 5.69 Å². The minimum absolute atomic E-state index is 0.0673. The molecule has 1 spiro atoms. The minimum Gasteiger partial charge on any atom is -0.494 e. The number of amides is 5. The Morgan fingerprint density at radius 1 is 0.934 bits per heavy atom. The predicted molar refractivity (Wildman–Crippen MR) is 226 cm³/mol. The number of hydrogen-bond donors (Lipinski definition) is 2. The van der Waals surface area contributed by atoms with Gasteiger partial charge in [-0.1, -0.05) is 39.3 Å². The zero-order chi connectivity index (χ0) is 43.3. The first-order valence-electron chi connectivity index (χ1n) is 21.0. The lowest BCUT2D eigenvalue weighted by molar-refractivity contribution is -0.164. The molecule has 0 radical (unpaired) electrons. The fourth-order valence-corrected chi connectivity index (χ4v) is 10.5. The Labute approximate surface area is 360 Å². The largest absolute Gasteiger partial charge is 0.494 e. The summed E-state index contributed by atoms with van der Waals surface area (Å²) >= 11 is 6.26. The molecule has 3 aromatic carbocycles. The Bertz CT molecular complexity index is 2280. The molecule has 3 aromatic rings. The SMILES string of the molecule is CC1(C)[C@H](NC(=O)c2ccc(N3CCC4(CC3)CN(CCCOc3ccc5c(c3)C(=O)N(C3CCC(=O)NC3=O)C5=O)CCO4)cc2)C(C)(C)[C@H]1Oc1ccc(C#N)c(Cl)c1. The van der Waals surface area contributed by atoms with Crippen LogP contribution >= 0.6 is 11.6 Å². The topological polar surface area (TPSA) is 171 Å². The van der Waals surface area contributed by atoms with E-state index in [4.69, 9.17) is 25.8 Å². The number of ether oxygens (including phenoxy) is 3. The number of carbonyl (C=O) groups excluding carboxylic acids is 5. The summed E-state index contributed by atoms with van der Waals surface area (Å²) in [7, 11) is 0. The number of rotatable bonds is 11. The molecule has 320 valence electrons. The van der Waals surface area contributed by atoms with Crippen molar-refractivity contribution in [2.24, 2.45) is 10.8 Å². The Hall–Kier alpha value is -5.49. The number of anilines is 1. The molecule has 4 fully saturated rings. The van der Waals surface area contributed by atoms with Crippen LogP contribution in [0.5, 0.6) is 11.5 Å². The number of hydrogen-bond acceptors (Lipinski definition) is 11. The number of fused-ring (bicyclic) bond motifs is 1. The molecule has 4 heterocycles. The predicted octanol–water partition coefficient (Wildman–Crippen LogP) is 5.37. The van der Waals surface area contributed by atoms with E-state index in [1.807, 2.05) is 24.3 Å². The average molecular weight is 851 g/mol. The number of carbonyl (C=O) groups is 5. The molecule has 61 heavy (non-hydrogen) atoms. The van der Waals surface area contributed by atoms with Gasteiger partial charge < -0.3 is 24.4 Å². The molecule has 15 heteroatoms. The van der Waals surface area contributed by atoms with Crippen LogP contribution < -0.4 is 25.0 Å². The standard InChI is InChI=1S/C46H51ClN6O8/c1-44(2)42(45(3,4)43(44)61-32-11-8-29(26-48)35(47)25-32)50-38(55)28-6-9-30(10-7-28)52-19-16-46(17-20-52)27-51(21-23-60-46)18-5-22-59-31-12-13-33-34(24-31)41(58)53(40(33)57)36-14-15-37(54)49-39(36)56/h6-13,24-25,36,42-43H,5,14-23,27H2,1-4H3,(H,50,55)(H,49,54,56)/t36?,42-,43-. The maximum absolute atomic E-state index is 13.5. The first kappa shape index (κ1) is 42.2. The highest BCUT2D eigenvalue weighted by Crippen LogP contribution is 2.55. The molecule has 1 saturated carbocycles. The molecule has 3 saturated heterocycles. The third-order valence-corrected chi connectivity index (χ3v) is 13.5. The Balaban J connectivity index is 0.785. The van der Waals surface area contributed by atoms with E-state index in [0.717, 1.165) is 62.6 Å². The highest BCUT2D eigenvalue weighted by molar-refractivity contribution is 6.31. The fraction of sp³-hybridized carbons (Fsp3) is 0.478. The van der Waals surface area contributed by atoms with Crippen molar-refractivity contribution in [3.8, 4) is 17.6 Å². The van der Waals surface area contributed by atoms with Gasteiger partial charge in [0.25, 0.3) is 17.7 Å². The van der Waals surface area contributed by atoms with Crippen molar-refractivity contribution in [3.63, 3.8) is 0 Å². The van der Waals surface area contributed by atoms with Gasteiger partial charge in [0.2, 0.25) is 11.8 Å². The van der Waals surface area contributed by atoms with Gasteiger partial charge in [-0.25, -0.2) is 0 Å². The van der Waals surface area contributed by atoms with E-state index < -0.39 is 29.7 Å². The van der Waals surface area contributed by atoms with Gasteiger partial charge in [0, 0.05) is 73.3 Å². The zero-order valence-electron chi connectivity index (χ0n) is 34.9. The first-order valence-corrected chi connectivity index (χ1v) is 21.3. The van der Waals surface area contributed by atoms with Crippen molar-refractivity contribution in [1.29, 1.82) is 5.26 Å². The monoisotopic (exact) mass is 850 g/mol. The third kappa shape index (κ3) is 8.07. The molecule has 1 atom stereocenters. The molecular weight excluding hydrogens is 800 g/mol. The summed E-state index contributed by atoms with van der Waals surface area (Å²) in [5, 5.41) is 15.1. The van der Waals surface area contributed by atoms with E-state index in [1.54, 1.807) is 36.4 Å². The number of morpholine rings is 1. The molecule has 14 nitrogen and oxygen atoms in total. The van der Waals surface area contributed by atoms with Crippen molar-refractivity contribution in [1.82, 2.24) is 20.4 Å². The van der Waals surface area contributed by atoms with Gasteiger partial charge in [-0.3, -0.25) is 39.1 Å². The van der Waals surface area contributed by atoms with E-state index in [2.05, 4.69) is 54.2 Å². The van der Waals surface area contributed by atoms with Gasteiger partial charge >= 0.3 is 0 Å². The highest BCUT2D eigenvalue weighted by atomic mass is 35.5. The van der Waals surface area contributed by atoms with Crippen molar-refractivity contribution in [3.05, 3.63) is 87.9 Å². The van der Waals surface area contributed by atoms with E-state index in [1.165, 1.54) is 0 Å². The summed E-state index contributed by atoms with van der Waals surface area (Å²) in [4.78, 5) is 69.5. The molecule has 0 aromatic heterocycles. The Morgan fingerprint density at radius 3 is 2.33 bits per heavy atom. The Morgan fingerprint density at radius 2 is 1.64 bits per heavy atom. The fourth-order valence-electron chi connectivity index (χ4n) is 10.2. The number of benzene rings is 3. The van der Waals surface area contributed by atoms with Gasteiger partial charge in [0.1, 0.15) is 29.7 Å². The molecule has 0 bridgehead atoms. The van der Waals surface area contributed by atoms with Crippen LogP contribution in [0, 0.1) is 22.2 Å². The van der Waals surface area contributed by atoms with Gasteiger partial charge in [0.15, 0.2) is 0 Å². The van der Waals surface area contributed by atoms with E-state index >= 15 is 0 Å². The van der Waals surface area contributed by atoms with Crippen molar-refractivity contribution >= 4 is 46.8 Å².